The summed E-state index contributed by atoms with van der Waals surface area (Å²) in [5, 5.41) is 4.74. The summed E-state index contributed by atoms with van der Waals surface area (Å²) in [5.74, 6) is 1.81. The summed E-state index contributed by atoms with van der Waals surface area (Å²) in [6.45, 7) is 8.86. The average Bonchev–Trinajstić information content (AvgIpc) is 2.91. The number of aromatic nitrogens is 3. The maximum atomic E-state index is 5.77. The van der Waals surface area contributed by atoms with E-state index < -0.39 is 0 Å². The van der Waals surface area contributed by atoms with Crippen LogP contribution in [0.15, 0.2) is 48.5 Å². The standard InChI is InChI=1S/C23H29N5OS/c1-18-5-7-21(8-6-18)28-19(2)24-27(23(28)30)17-25-13-4-14-26(16-15-25)20-9-11-22(29-3)12-10-20/h5-12H,4,13-17H2,1-3H3. The van der Waals surface area contributed by atoms with Crippen molar-refractivity contribution in [2.24, 2.45) is 0 Å². The van der Waals surface area contributed by atoms with Crippen LogP contribution in [-0.4, -0.2) is 52.5 Å². The number of ether oxygens (including phenoxy) is 1. The van der Waals surface area contributed by atoms with Gasteiger partial charge in [0.2, 0.25) is 4.77 Å². The van der Waals surface area contributed by atoms with E-state index in [9.17, 15) is 0 Å². The van der Waals surface area contributed by atoms with Crippen molar-refractivity contribution in [2.75, 3.05) is 38.2 Å². The van der Waals surface area contributed by atoms with Crippen LogP contribution in [0.4, 0.5) is 5.69 Å². The number of rotatable bonds is 5. The summed E-state index contributed by atoms with van der Waals surface area (Å²) in [6, 6.07) is 16.7. The van der Waals surface area contributed by atoms with Crippen LogP contribution in [-0.2, 0) is 6.67 Å². The predicted octanol–water partition coefficient (Wildman–Crippen LogP) is 4.20. The molecule has 4 rings (SSSR count). The molecule has 3 aromatic rings. The number of nitrogens with zero attached hydrogens (tertiary/aromatic N) is 5. The minimum atomic E-state index is 0.717. The van der Waals surface area contributed by atoms with E-state index in [-0.39, 0.29) is 0 Å². The molecule has 1 aliphatic rings. The second kappa shape index (κ2) is 9.02. The second-order valence-electron chi connectivity index (χ2n) is 7.80. The molecule has 2 aromatic carbocycles. The van der Waals surface area contributed by atoms with E-state index in [2.05, 4.69) is 57.7 Å². The zero-order valence-corrected chi connectivity index (χ0v) is 18.7. The molecule has 0 atom stereocenters. The summed E-state index contributed by atoms with van der Waals surface area (Å²) >= 11 is 5.77. The molecule has 0 radical (unpaired) electrons. The molecule has 0 unspecified atom stereocenters. The summed E-state index contributed by atoms with van der Waals surface area (Å²) in [7, 11) is 1.70. The minimum Gasteiger partial charge on any atom is -0.497 e. The van der Waals surface area contributed by atoms with Crippen LogP contribution < -0.4 is 9.64 Å². The summed E-state index contributed by atoms with van der Waals surface area (Å²) < 4.78 is 10.0. The van der Waals surface area contributed by atoms with E-state index in [1.165, 1.54) is 11.3 Å². The molecule has 0 saturated carbocycles. The SMILES string of the molecule is COc1ccc(N2CCCN(Cn3nc(C)n(-c4ccc(C)cc4)c3=S)CC2)cc1. The number of anilines is 1. The van der Waals surface area contributed by atoms with Gasteiger partial charge >= 0.3 is 0 Å². The fourth-order valence-electron chi connectivity index (χ4n) is 3.95. The van der Waals surface area contributed by atoms with Gasteiger partial charge in [0.05, 0.1) is 13.8 Å². The van der Waals surface area contributed by atoms with Gasteiger partial charge in [0.25, 0.3) is 0 Å². The molecule has 7 heteroatoms. The fourth-order valence-corrected chi connectivity index (χ4v) is 4.29. The molecule has 158 valence electrons. The number of hydrogen-bond acceptors (Lipinski definition) is 5. The molecule has 0 N–H and O–H groups in total. The highest BCUT2D eigenvalue weighted by molar-refractivity contribution is 7.71. The normalized spacial score (nSPS) is 15.2. The molecule has 0 bridgehead atoms. The minimum absolute atomic E-state index is 0.717. The fraction of sp³-hybridized carbons (Fsp3) is 0.391. The molecule has 0 amide bonds. The average molecular weight is 424 g/mol. The Morgan fingerprint density at radius 1 is 0.900 bits per heavy atom. The molecule has 1 aliphatic heterocycles. The van der Waals surface area contributed by atoms with Gasteiger partial charge in [-0.3, -0.25) is 9.47 Å². The Kier molecular flexibility index (Phi) is 6.20. The molecule has 2 heterocycles. The first-order chi connectivity index (χ1) is 14.5. The largest absolute Gasteiger partial charge is 0.497 e. The first-order valence-corrected chi connectivity index (χ1v) is 10.8. The second-order valence-corrected chi connectivity index (χ2v) is 8.16. The molecular formula is C23H29N5OS. The molecule has 1 saturated heterocycles. The van der Waals surface area contributed by atoms with Crippen LogP contribution in [0.3, 0.4) is 0 Å². The van der Waals surface area contributed by atoms with Gasteiger partial charge < -0.3 is 9.64 Å². The summed E-state index contributed by atoms with van der Waals surface area (Å²) in [6.07, 6.45) is 1.11. The molecule has 0 spiro atoms. The van der Waals surface area contributed by atoms with Crippen LogP contribution in [0, 0.1) is 18.6 Å². The van der Waals surface area contributed by atoms with E-state index in [0.29, 0.717) is 0 Å². The summed E-state index contributed by atoms with van der Waals surface area (Å²) in [5.41, 5.74) is 3.55. The third-order valence-corrected chi connectivity index (χ3v) is 6.05. The highest BCUT2D eigenvalue weighted by Gasteiger charge is 2.17. The number of hydrogen-bond donors (Lipinski definition) is 0. The van der Waals surface area contributed by atoms with Crippen LogP contribution in [0.5, 0.6) is 5.75 Å². The van der Waals surface area contributed by atoms with Crippen molar-refractivity contribution in [3.05, 3.63) is 64.7 Å². The lowest BCUT2D eigenvalue weighted by Gasteiger charge is -2.23. The Morgan fingerprint density at radius 3 is 2.30 bits per heavy atom. The van der Waals surface area contributed by atoms with Gasteiger partial charge in [-0.1, -0.05) is 17.7 Å². The zero-order chi connectivity index (χ0) is 21.1. The van der Waals surface area contributed by atoms with Crippen LogP contribution in [0.25, 0.3) is 5.69 Å². The molecule has 1 aromatic heterocycles. The van der Waals surface area contributed by atoms with Gasteiger partial charge in [-0.05, 0) is 68.9 Å². The van der Waals surface area contributed by atoms with Crippen molar-refractivity contribution in [1.29, 1.82) is 0 Å². The van der Waals surface area contributed by atoms with Gasteiger partial charge in [-0.25, -0.2) is 4.68 Å². The van der Waals surface area contributed by atoms with Crippen LogP contribution in [0.2, 0.25) is 0 Å². The lowest BCUT2D eigenvalue weighted by atomic mass is 10.2. The Labute approximate surface area is 183 Å². The van der Waals surface area contributed by atoms with Gasteiger partial charge in [0, 0.05) is 37.6 Å². The van der Waals surface area contributed by atoms with E-state index in [4.69, 9.17) is 22.1 Å². The molecule has 6 nitrogen and oxygen atoms in total. The quantitative estimate of drug-likeness (QED) is 0.575. The summed E-state index contributed by atoms with van der Waals surface area (Å²) in [4.78, 5) is 4.88. The Morgan fingerprint density at radius 2 is 1.60 bits per heavy atom. The van der Waals surface area contributed by atoms with E-state index in [1.54, 1.807) is 7.11 Å². The van der Waals surface area contributed by atoms with Crippen molar-refractivity contribution in [3.8, 4) is 11.4 Å². The van der Waals surface area contributed by atoms with E-state index >= 15 is 0 Å². The van der Waals surface area contributed by atoms with Gasteiger partial charge in [-0.15, -0.1) is 0 Å². The highest BCUT2D eigenvalue weighted by Crippen LogP contribution is 2.21. The Balaban J connectivity index is 1.45. The Hall–Kier alpha value is -2.64. The van der Waals surface area contributed by atoms with E-state index in [1.807, 2.05) is 23.7 Å². The van der Waals surface area contributed by atoms with Gasteiger partial charge in [0.1, 0.15) is 11.6 Å². The number of methoxy groups -OCH3 is 1. The first kappa shape index (κ1) is 20.6. The Bertz CT molecular complexity index is 1040. The van der Waals surface area contributed by atoms with Crippen LogP contribution in [0.1, 0.15) is 17.8 Å². The van der Waals surface area contributed by atoms with Crippen LogP contribution >= 0.6 is 12.2 Å². The maximum absolute atomic E-state index is 5.77. The van der Waals surface area contributed by atoms with Crippen molar-refractivity contribution in [1.82, 2.24) is 19.2 Å². The lowest BCUT2D eigenvalue weighted by Crippen LogP contribution is -2.32. The third kappa shape index (κ3) is 4.42. The van der Waals surface area contributed by atoms with Crippen molar-refractivity contribution >= 4 is 17.9 Å². The van der Waals surface area contributed by atoms with Gasteiger partial charge in [-0.2, -0.15) is 5.10 Å². The number of aryl methyl sites for hydroxylation is 2. The molecule has 30 heavy (non-hydrogen) atoms. The van der Waals surface area contributed by atoms with E-state index in [0.717, 1.165) is 61.3 Å². The molecule has 1 fully saturated rings. The van der Waals surface area contributed by atoms with Crippen molar-refractivity contribution in [2.45, 2.75) is 26.9 Å². The monoisotopic (exact) mass is 423 g/mol. The smallest absolute Gasteiger partial charge is 0.203 e. The lowest BCUT2D eigenvalue weighted by molar-refractivity contribution is 0.219. The first-order valence-electron chi connectivity index (χ1n) is 10.4. The zero-order valence-electron chi connectivity index (χ0n) is 17.9. The maximum Gasteiger partial charge on any atom is 0.203 e. The predicted molar refractivity (Wildman–Crippen MR) is 123 cm³/mol. The number of benzene rings is 2. The van der Waals surface area contributed by atoms with Crippen molar-refractivity contribution < 1.29 is 4.74 Å². The molecule has 0 aliphatic carbocycles. The molecular weight excluding hydrogens is 394 g/mol. The topological polar surface area (TPSA) is 38.5 Å². The third-order valence-electron chi connectivity index (χ3n) is 5.65. The van der Waals surface area contributed by atoms with Crippen molar-refractivity contribution in [3.63, 3.8) is 0 Å². The highest BCUT2D eigenvalue weighted by atomic mass is 32.1. The van der Waals surface area contributed by atoms with Gasteiger partial charge in [0.15, 0.2) is 0 Å².